The highest BCUT2D eigenvalue weighted by Gasteiger charge is 2.33. The molecule has 1 aromatic rings. The van der Waals surface area contributed by atoms with Crippen LogP contribution in [0.3, 0.4) is 0 Å². The van der Waals surface area contributed by atoms with Crippen LogP contribution in [0.25, 0.3) is 0 Å². The highest BCUT2D eigenvalue weighted by Crippen LogP contribution is 2.36. The van der Waals surface area contributed by atoms with Crippen molar-refractivity contribution >= 4 is 23.1 Å². The average molecular weight is 284 g/mol. The quantitative estimate of drug-likeness (QED) is 0.910. The van der Waals surface area contributed by atoms with E-state index in [2.05, 4.69) is 56.7 Å². The van der Waals surface area contributed by atoms with Crippen LogP contribution >= 0.6 is 23.1 Å². The lowest BCUT2D eigenvalue weighted by Crippen LogP contribution is -2.47. The molecule has 0 bridgehead atoms. The molecule has 0 saturated carbocycles. The van der Waals surface area contributed by atoms with Crippen LogP contribution in [0.15, 0.2) is 0 Å². The summed E-state index contributed by atoms with van der Waals surface area (Å²) in [5.74, 6) is 2.53. The number of hydrogen-bond donors (Lipinski definition) is 1. The minimum Gasteiger partial charge on any atom is -0.305 e. The van der Waals surface area contributed by atoms with Crippen LogP contribution < -0.4 is 5.32 Å². The lowest BCUT2D eigenvalue weighted by atomic mass is 9.82. The molecule has 1 fully saturated rings. The molecule has 4 heteroatoms. The normalized spacial score (nSPS) is 25.1. The van der Waals surface area contributed by atoms with Crippen molar-refractivity contribution in [1.82, 2.24) is 10.3 Å². The maximum Gasteiger partial charge on any atom is 0.0900 e. The van der Waals surface area contributed by atoms with Gasteiger partial charge < -0.3 is 5.32 Å². The van der Waals surface area contributed by atoms with Gasteiger partial charge in [-0.3, -0.25) is 0 Å². The van der Waals surface area contributed by atoms with Crippen molar-refractivity contribution in [3.63, 3.8) is 0 Å². The Labute approximate surface area is 119 Å². The molecule has 2 heterocycles. The molecule has 2 unspecified atom stereocenters. The van der Waals surface area contributed by atoms with E-state index in [1.54, 1.807) is 0 Å². The summed E-state index contributed by atoms with van der Waals surface area (Å²) in [4.78, 5) is 5.94. The molecule has 0 radical (unpaired) electrons. The molecular formula is C14H24N2S2. The van der Waals surface area contributed by atoms with Crippen LogP contribution in [0.2, 0.25) is 0 Å². The third kappa shape index (κ3) is 3.09. The molecule has 1 N–H and O–H groups in total. The smallest absolute Gasteiger partial charge is 0.0900 e. The van der Waals surface area contributed by atoms with Crippen LogP contribution in [-0.4, -0.2) is 22.5 Å². The second-order valence-electron chi connectivity index (χ2n) is 5.94. The lowest BCUT2D eigenvalue weighted by Gasteiger charge is -2.40. The second kappa shape index (κ2) is 5.51. The van der Waals surface area contributed by atoms with Crippen LogP contribution in [0, 0.1) is 19.3 Å². The van der Waals surface area contributed by atoms with Gasteiger partial charge >= 0.3 is 0 Å². The number of nitrogens with zero attached hydrogens (tertiary/aromatic N) is 1. The molecule has 0 amide bonds. The fraction of sp³-hybridized carbons (Fsp3) is 0.786. The second-order valence-corrected chi connectivity index (χ2v) is 8.32. The van der Waals surface area contributed by atoms with Crippen molar-refractivity contribution in [3.8, 4) is 0 Å². The molecule has 1 aromatic heterocycles. The maximum atomic E-state index is 4.53. The van der Waals surface area contributed by atoms with E-state index >= 15 is 0 Å². The summed E-state index contributed by atoms with van der Waals surface area (Å²) < 4.78 is 0. The first kappa shape index (κ1) is 14.4. The summed E-state index contributed by atoms with van der Waals surface area (Å²) in [5, 5.41) is 5.00. The predicted octanol–water partition coefficient (Wildman–Crippen LogP) is 3.94. The van der Waals surface area contributed by atoms with Gasteiger partial charge in [-0.1, -0.05) is 13.8 Å². The Kier molecular flexibility index (Phi) is 4.40. The van der Waals surface area contributed by atoms with Crippen molar-refractivity contribution in [3.05, 3.63) is 15.6 Å². The summed E-state index contributed by atoms with van der Waals surface area (Å²) in [7, 11) is 0. The highest BCUT2D eigenvalue weighted by molar-refractivity contribution is 7.99. The number of thioether (sulfide) groups is 1. The standard InChI is InChI=1S/C14H24N2S2/c1-9-13(18-11(3)15-9)10(2)16-12-8-17-7-6-14(12,4)5/h10,12,16H,6-8H2,1-5H3. The van der Waals surface area contributed by atoms with Gasteiger partial charge in [0.25, 0.3) is 0 Å². The van der Waals surface area contributed by atoms with Crippen molar-refractivity contribution < 1.29 is 0 Å². The van der Waals surface area contributed by atoms with E-state index in [0.717, 1.165) is 0 Å². The third-order valence-electron chi connectivity index (χ3n) is 3.90. The van der Waals surface area contributed by atoms with Crippen molar-refractivity contribution in [1.29, 1.82) is 0 Å². The van der Waals surface area contributed by atoms with Gasteiger partial charge in [0, 0.05) is 22.7 Å². The number of rotatable bonds is 3. The number of hydrogen-bond acceptors (Lipinski definition) is 4. The molecule has 0 aromatic carbocycles. The van der Waals surface area contributed by atoms with Gasteiger partial charge in [0.05, 0.1) is 10.7 Å². The van der Waals surface area contributed by atoms with Gasteiger partial charge in [0.1, 0.15) is 0 Å². The number of thiazole rings is 1. The minimum absolute atomic E-state index is 0.410. The first-order valence-corrected chi connectivity index (χ1v) is 8.65. The van der Waals surface area contributed by atoms with E-state index in [-0.39, 0.29) is 0 Å². The molecule has 1 aliphatic rings. The molecule has 102 valence electrons. The van der Waals surface area contributed by atoms with Gasteiger partial charge in [-0.2, -0.15) is 11.8 Å². The molecule has 18 heavy (non-hydrogen) atoms. The molecule has 0 spiro atoms. The topological polar surface area (TPSA) is 24.9 Å². The first-order chi connectivity index (χ1) is 8.40. The zero-order valence-electron chi connectivity index (χ0n) is 12.0. The predicted molar refractivity (Wildman–Crippen MR) is 82.6 cm³/mol. The summed E-state index contributed by atoms with van der Waals surface area (Å²) in [6.45, 7) is 11.3. The third-order valence-corrected chi connectivity index (χ3v) is 6.22. The van der Waals surface area contributed by atoms with Gasteiger partial charge in [0.2, 0.25) is 0 Å². The van der Waals surface area contributed by atoms with Gasteiger partial charge in [-0.15, -0.1) is 11.3 Å². The summed E-state index contributed by atoms with van der Waals surface area (Å²) in [6.07, 6.45) is 1.31. The van der Waals surface area contributed by atoms with Crippen molar-refractivity contribution in [2.45, 2.75) is 53.1 Å². The van der Waals surface area contributed by atoms with Crippen molar-refractivity contribution in [2.75, 3.05) is 11.5 Å². The average Bonchev–Trinajstić information content (AvgIpc) is 2.61. The van der Waals surface area contributed by atoms with E-state index in [0.29, 0.717) is 17.5 Å². The molecule has 0 aliphatic carbocycles. The number of aromatic nitrogens is 1. The molecular weight excluding hydrogens is 260 g/mol. The van der Waals surface area contributed by atoms with E-state index in [1.807, 2.05) is 11.3 Å². The van der Waals surface area contributed by atoms with Crippen LogP contribution in [0.4, 0.5) is 0 Å². The van der Waals surface area contributed by atoms with Crippen molar-refractivity contribution in [2.24, 2.45) is 5.41 Å². The maximum absolute atomic E-state index is 4.53. The number of nitrogens with one attached hydrogen (secondary N) is 1. The van der Waals surface area contributed by atoms with E-state index in [9.17, 15) is 0 Å². The Morgan fingerprint density at radius 2 is 2.11 bits per heavy atom. The fourth-order valence-corrected chi connectivity index (χ4v) is 5.10. The molecule has 1 saturated heterocycles. The van der Waals surface area contributed by atoms with E-state index in [1.165, 1.54) is 33.5 Å². The van der Waals surface area contributed by atoms with Crippen LogP contribution in [0.1, 0.15) is 48.8 Å². The Morgan fingerprint density at radius 1 is 1.39 bits per heavy atom. The summed E-state index contributed by atoms with van der Waals surface area (Å²) >= 11 is 3.91. The Balaban J connectivity index is 2.06. The van der Waals surface area contributed by atoms with Crippen LogP contribution in [0.5, 0.6) is 0 Å². The zero-order valence-corrected chi connectivity index (χ0v) is 13.7. The van der Waals surface area contributed by atoms with E-state index < -0.39 is 0 Å². The molecule has 2 atom stereocenters. The SMILES string of the molecule is Cc1nc(C)c(C(C)NC2CSCCC2(C)C)s1. The monoisotopic (exact) mass is 284 g/mol. The lowest BCUT2D eigenvalue weighted by molar-refractivity contribution is 0.232. The van der Waals surface area contributed by atoms with Gasteiger partial charge in [0.15, 0.2) is 0 Å². The molecule has 1 aliphatic heterocycles. The summed E-state index contributed by atoms with van der Waals surface area (Å²) in [5.41, 5.74) is 1.60. The Bertz CT molecular complexity index is 412. The summed E-state index contributed by atoms with van der Waals surface area (Å²) in [6, 6.07) is 1.02. The zero-order chi connectivity index (χ0) is 13.3. The highest BCUT2D eigenvalue weighted by atomic mass is 32.2. The van der Waals surface area contributed by atoms with Crippen LogP contribution in [-0.2, 0) is 0 Å². The van der Waals surface area contributed by atoms with Gasteiger partial charge in [-0.05, 0) is 38.4 Å². The van der Waals surface area contributed by atoms with Gasteiger partial charge in [-0.25, -0.2) is 4.98 Å². The Hall–Kier alpha value is -0.0600. The largest absolute Gasteiger partial charge is 0.305 e. The number of aryl methyl sites for hydroxylation is 2. The Morgan fingerprint density at radius 3 is 2.67 bits per heavy atom. The fourth-order valence-electron chi connectivity index (χ4n) is 2.54. The minimum atomic E-state index is 0.410. The molecule has 2 rings (SSSR count). The molecule has 2 nitrogen and oxygen atoms in total. The first-order valence-electron chi connectivity index (χ1n) is 6.68. The van der Waals surface area contributed by atoms with E-state index in [4.69, 9.17) is 0 Å².